The van der Waals surface area contributed by atoms with Crippen molar-refractivity contribution in [2.45, 2.75) is 51.7 Å². The molecular formula is C21H35IN4O. The molecule has 0 radical (unpaired) electrons. The maximum atomic E-state index is 6.14. The van der Waals surface area contributed by atoms with Crippen molar-refractivity contribution >= 4 is 29.9 Å². The summed E-state index contributed by atoms with van der Waals surface area (Å²) in [6, 6.07) is 9.27. The van der Waals surface area contributed by atoms with Crippen molar-refractivity contribution in [2.75, 3.05) is 32.8 Å². The minimum absolute atomic E-state index is 0. The molecule has 152 valence electrons. The van der Waals surface area contributed by atoms with Gasteiger partial charge in [0.1, 0.15) is 0 Å². The van der Waals surface area contributed by atoms with Gasteiger partial charge in [0, 0.05) is 31.7 Å². The van der Waals surface area contributed by atoms with E-state index in [1.807, 2.05) is 0 Å². The Hall–Kier alpha value is -0.860. The molecule has 2 saturated heterocycles. The molecule has 0 spiro atoms. The van der Waals surface area contributed by atoms with Crippen LogP contribution in [-0.4, -0.2) is 49.7 Å². The summed E-state index contributed by atoms with van der Waals surface area (Å²) in [7, 11) is 0. The Balaban J connectivity index is 0.00000261. The van der Waals surface area contributed by atoms with Crippen LogP contribution in [0.15, 0.2) is 29.3 Å². The molecule has 2 heterocycles. The van der Waals surface area contributed by atoms with Crippen LogP contribution in [0.25, 0.3) is 0 Å². The van der Waals surface area contributed by atoms with Gasteiger partial charge in [-0.3, -0.25) is 9.89 Å². The van der Waals surface area contributed by atoms with Crippen molar-refractivity contribution in [2.24, 2.45) is 16.6 Å². The Kier molecular flexibility index (Phi) is 9.32. The summed E-state index contributed by atoms with van der Waals surface area (Å²) in [5, 5.41) is 3.34. The summed E-state index contributed by atoms with van der Waals surface area (Å²) in [5.74, 6) is 0.964. The minimum Gasteiger partial charge on any atom is -0.373 e. The smallest absolute Gasteiger partial charge is 0.188 e. The fourth-order valence-corrected chi connectivity index (χ4v) is 4.19. The van der Waals surface area contributed by atoms with E-state index in [1.165, 1.54) is 30.5 Å². The van der Waals surface area contributed by atoms with E-state index in [4.69, 9.17) is 10.5 Å². The fraction of sp³-hybridized carbons (Fsp3) is 0.667. The van der Waals surface area contributed by atoms with Crippen molar-refractivity contribution < 1.29 is 4.74 Å². The summed E-state index contributed by atoms with van der Waals surface area (Å²) in [5.41, 5.74) is 8.67. The van der Waals surface area contributed by atoms with E-state index in [0.29, 0.717) is 17.9 Å². The first-order chi connectivity index (χ1) is 12.7. The Morgan fingerprint density at radius 1 is 1.26 bits per heavy atom. The molecule has 27 heavy (non-hydrogen) atoms. The SMILES string of the molecule is CCN1CCCC1CNC(N)=NCC1CCCOC1c1ccc(C)cc1.I. The molecule has 0 amide bonds. The molecule has 2 aliphatic rings. The number of ether oxygens (including phenoxy) is 1. The number of nitrogens with two attached hydrogens (primary N) is 1. The van der Waals surface area contributed by atoms with Gasteiger partial charge in [0.15, 0.2) is 5.96 Å². The predicted octanol–water partition coefficient (Wildman–Crippen LogP) is 3.47. The van der Waals surface area contributed by atoms with E-state index in [0.717, 1.165) is 39.1 Å². The molecule has 2 fully saturated rings. The summed E-state index contributed by atoms with van der Waals surface area (Å²) < 4.78 is 6.08. The first-order valence-corrected chi connectivity index (χ1v) is 10.1. The largest absolute Gasteiger partial charge is 0.373 e. The Labute approximate surface area is 181 Å². The van der Waals surface area contributed by atoms with Crippen molar-refractivity contribution in [1.82, 2.24) is 10.2 Å². The maximum Gasteiger partial charge on any atom is 0.188 e. The van der Waals surface area contributed by atoms with Crippen molar-refractivity contribution in [3.8, 4) is 0 Å². The van der Waals surface area contributed by atoms with Gasteiger partial charge in [-0.15, -0.1) is 24.0 Å². The first kappa shape index (κ1) is 22.4. The van der Waals surface area contributed by atoms with Crippen LogP contribution in [0.1, 0.15) is 49.8 Å². The highest BCUT2D eigenvalue weighted by Gasteiger charge is 2.27. The highest BCUT2D eigenvalue weighted by atomic mass is 127. The van der Waals surface area contributed by atoms with Gasteiger partial charge >= 0.3 is 0 Å². The van der Waals surface area contributed by atoms with Crippen LogP contribution in [0.4, 0.5) is 0 Å². The molecule has 3 atom stereocenters. The second-order valence-electron chi connectivity index (χ2n) is 7.64. The molecule has 0 aliphatic carbocycles. The molecule has 1 aromatic rings. The number of aliphatic imine (C=N–C) groups is 1. The molecule has 0 aromatic heterocycles. The molecule has 5 nitrogen and oxygen atoms in total. The fourth-order valence-electron chi connectivity index (χ4n) is 4.19. The van der Waals surface area contributed by atoms with Gasteiger partial charge in [-0.25, -0.2) is 0 Å². The van der Waals surface area contributed by atoms with Crippen LogP contribution in [-0.2, 0) is 4.74 Å². The van der Waals surface area contributed by atoms with Crippen LogP contribution < -0.4 is 11.1 Å². The van der Waals surface area contributed by atoms with Crippen molar-refractivity contribution in [3.63, 3.8) is 0 Å². The van der Waals surface area contributed by atoms with Crippen LogP contribution in [0, 0.1) is 12.8 Å². The van der Waals surface area contributed by atoms with Gasteiger partial charge < -0.3 is 15.8 Å². The number of benzene rings is 1. The number of nitrogens with one attached hydrogen (secondary N) is 1. The van der Waals surface area contributed by atoms with Gasteiger partial charge in [-0.1, -0.05) is 36.8 Å². The minimum atomic E-state index is 0. The van der Waals surface area contributed by atoms with Gasteiger partial charge in [-0.05, 0) is 51.3 Å². The summed E-state index contributed by atoms with van der Waals surface area (Å²) in [6.45, 7) is 9.11. The third-order valence-electron chi connectivity index (χ3n) is 5.77. The van der Waals surface area contributed by atoms with Crippen LogP contribution >= 0.6 is 24.0 Å². The Bertz CT molecular complexity index is 592. The number of guanidine groups is 1. The summed E-state index contributed by atoms with van der Waals surface area (Å²) in [4.78, 5) is 7.15. The normalized spacial score (nSPS) is 26.6. The Morgan fingerprint density at radius 3 is 2.78 bits per heavy atom. The zero-order valence-electron chi connectivity index (χ0n) is 16.7. The lowest BCUT2D eigenvalue weighted by Crippen LogP contribution is -2.43. The van der Waals surface area contributed by atoms with E-state index in [-0.39, 0.29) is 30.1 Å². The number of likely N-dealkylation sites (tertiary alicyclic amines) is 1. The topological polar surface area (TPSA) is 62.9 Å². The third kappa shape index (κ3) is 6.32. The van der Waals surface area contributed by atoms with Crippen LogP contribution in [0.5, 0.6) is 0 Å². The number of hydrogen-bond donors (Lipinski definition) is 2. The standard InChI is InChI=1S/C21H34N4O.HI/c1-3-25-12-4-7-19(25)15-24-21(22)23-14-18-6-5-13-26-20(18)17-10-8-16(2)9-11-17;/h8-11,18-20H,3-7,12-15H2,1-2H3,(H3,22,23,24);1H. The van der Waals surface area contributed by atoms with Crippen molar-refractivity contribution in [3.05, 3.63) is 35.4 Å². The molecule has 0 bridgehead atoms. The van der Waals surface area contributed by atoms with Gasteiger partial charge in [0.25, 0.3) is 0 Å². The van der Waals surface area contributed by atoms with E-state index >= 15 is 0 Å². The monoisotopic (exact) mass is 486 g/mol. The average molecular weight is 486 g/mol. The second kappa shape index (κ2) is 11.2. The summed E-state index contributed by atoms with van der Waals surface area (Å²) in [6.07, 6.45) is 4.91. The zero-order chi connectivity index (χ0) is 18.4. The number of likely N-dealkylation sites (N-methyl/N-ethyl adjacent to an activating group) is 1. The highest BCUT2D eigenvalue weighted by Crippen LogP contribution is 2.33. The van der Waals surface area contributed by atoms with E-state index in [2.05, 4.69) is 53.3 Å². The Morgan fingerprint density at radius 2 is 2.04 bits per heavy atom. The molecule has 3 unspecified atom stereocenters. The number of halogens is 1. The van der Waals surface area contributed by atoms with Gasteiger partial charge in [0.05, 0.1) is 6.10 Å². The summed E-state index contributed by atoms with van der Waals surface area (Å²) >= 11 is 0. The van der Waals surface area contributed by atoms with E-state index in [9.17, 15) is 0 Å². The van der Waals surface area contributed by atoms with Crippen LogP contribution in [0.2, 0.25) is 0 Å². The lowest BCUT2D eigenvalue weighted by atomic mass is 9.89. The molecule has 2 aliphatic heterocycles. The quantitative estimate of drug-likeness (QED) is 0.367. The van der Waals surface area contributed by atoms with Gasteiger partial charge in [0.2, 0.25) is 0 Å². The zero-order valence-corrected chi connectivity index (χ0v) is 19.0. The van der Waals surface area contributed by atoms with Crippen molar-refractivity contribution in [1.29, 1.82) is 0 Å². The van der Waals surface area contributed by atoms with E-state index < -0.39 is 0 Å². The average Bonchev–Trinajstić information content (AvgIpc) is 3.13. The number of hydrogen-bond acceptors (Lipinski definition) is 3. The number of aryl methyl sites for hydroxylation is 1. The van der Waals surface area contributed by atoms with Gasteiger partial charge in [-0.2, -0.15) is 0 Å². The molecule has 1 aromatic carbocycles. The molecule has 3 rings (SSSR count). The molecule has 0 saturated carbocycles. The highest BCUT2D eigenvalue weighted by molar-refractivity contribution is 14.0. The second-order valence-corrected chi connectivity index (χ2v) is 7.64. The van der Waals surface area contributed by atoms with E-state index in [1.54, 1.807) is 0 Å². The maximum absolute atomic E-state index is 6.14. The molecule has 6 heteroatoms. The number of nitrogens with zero attached hydrogens (tertiary/aromatic N) is 2. The number of rotatable bonds is 6. The molecule has 3 N–H and O–H groups in total. The lowest BCUT2D eigenvalue weighted by Gasteiger charge is -2.31. The lowest BCUT2D eigenvalue weighted by molar-refractivity contribution is -0.0250. The third-order valence-corrected chi connectivity index (χ3v) is 5.77. The predicted molar refractivity (Wildman–Crippen MR) is 123 cm³/mol. The molecular weight excluding hydrogens is 451 g/mol. The first-order valence-electron chi connectivity index (χ1n) is 10.1. The van der Waals surface area contributed by atoms with Crippen LogP contribution in [0.3, 0.4) is 0 Å².